The van der Waals surface area contributed by atoms with E-state index in [1.165, 1.54) is 6.07 Å². The minimum atomic E-state index is -4.44. The summed E-state index contributed by atoms with van der Waals surface area (Å²) in [7, 11) is 0. The van der Waals surface area contributed by atoms with Crippen LogP contribution in [0.5, 0.6) is 0 Å². The molecule has 0 saturated carbocycles. The van der Waals surface area contributed by atoms with Crippen molar-refractivity contribution in [1.82, 2.24) is 10.2 Å². The van der Waals surface area contributed by atoms with E-state index in [1.807, 2.05) is 6.92 Å². The van der Waals surface area contributed by atoms with Crippen LogP contribution in [-0.2, 0) is 6.18 Å². The highest BCUT2D eigenvalue weighted by molar-refractivity contribution is 5.34. The van der Waals surface area contributed by atoms with E-state index >= 15 is 0 Å². The van der Waals surface area contributed by atoms with E-state index in [0.29, 0.717) is 11.7 Å². The Balaban J connectivity index is 2.63. The van der Waals surface area contributed by atoms with Crippen molar-refractivity contribution in [2.45, 2.75) is 39.4 Å². The average molecular weight is 247 g/mol. The largest absolute Gasteiger partial charge is 0.435 e. The van der Waals surface area contributed by atoms with Gasteiger partial charge in [-0.2, -0.15) is 13.2 Å². The van der Waals surface area contributed by atoms with E-state index < -0.39 is 11.9 Å². The molecule has 3 nitrogen and oxygen atoms in total. The Labute approximate surface area is 98.4 Å². The van der Waals surface area contributed by atoms with Crippen molar-refractivity contribution < 1.29 is 13.2 Å². The maximum atomic E-state index is 12.2. The molecule has 6 heteroatoms. The van der Waals surface area contributed by atoms with Gasteiger partial charge in [0.1, 0.15) is 5.82 Å². The van der Waals surface area contributed by atoms with E-state index in [0.717, 1.165) is 12.5 Å². The van der Waals surface area contributed by atoms with Crippen LogP contribution < -0.4 is 5.32 Å². The zero-order chi connectivity index (χ0) is 13.1. The minimum absolute atomic E-state index is 0.154. The van der Waals surface area contributed by atoms with Gasteiger partial charge in [0.05, 0.1) is 0 Å². The molecule has 1 unspecified atom stereocenters. The number of rotatable bonds is 4. The molecule has 1 aromatic heterocycles. The van der Waals surface area contributed by atoms with Crippen molar-refractivity contribution in [3.05, 3.63) is 17.8 Å². The van der Waals surface area contributed by atoms with Crippen LogP contribution >= 0.6 is 0 Å². The molecule has 0 fully saturated rings. The first-order valence-corrected chi connectivity index (χ1v) is 5.46. The van der Waals surface area contributed by atoms with Gasteiger partial charge in [-0.05, 0) is 31.4 Å². The number of halogens is 3. The lowest BCUT2D eigenvalue weighted by molar-refractivity contribution is -0.141. The average Bonchev–Trinajstić information content (AvgIpc) is 2.15. The molecule has 0 aromatic carbocycles. The maximum Gasteiger partial charge on any atom is 0.435 e. The van der Waals surface area contributed by atoms with E-state index in [1.54, 1.807) is 0 Å². The van der Waals surface area contributed by atoms with Crippen LogP contribution in [-0.4, -0.2) is 16.2 Å². The van der Waals surface area contributed by atoms with Gasteiger partial charge in [-0.3, -0.25) is 0 Å². The molecule has 0 aliphatic heterocycles. The number of nitrogens with zero attached hydrogens (tertiary/aromatic N) is 2. The van der Waals surface area contributed by atoms with Gasteiger partial charge in [0.2, 0.25) is 0 Å². The molecule has 0 radical (unpaired) electrons. The summed E-state index contributed by atoms with van der Waals surface area (Å²) >= 11 is 0. The highest BCUT2D eigenvalue weighted by atomic mass is 19.4. The molecule has 0 bridgehead atoms. The van der Waals surface area contributed by atoms with E-state index in [4.69, 9.17) is 0 Å². The quantitative estimate of drug-likeness (QED) is 0.886. The highest BCUT2D eigenvalue weighted by Gasteiger charge is 2.32. The Morgan fingerprint density at radius 3 is 2.24 bits per heavy atom. The van der Waals surface area contributed by atoms with Crippen molar-refractivity contribution in [2.24, 2.45) is 5.92 Å². The predicted molar refractivity (Wildman–Crippen MR) is 59.6 cm³/mol. The van der Waals surface area contributed by atoms with Crippen LogP contribution in [0.2, 0.25) is 0 Å². The number of anilines is 1. The third kappa shape index (κ3) is 4.58. The molecule has 0 aliphatic carbocycles. The van der Waals surface area contributed by atoms with Gasteiger partial charge >= 0.3 is 6.18 Å². The summed E-state index contributed by atoms with van der Waals surface area (Å²) in [4.78, 5) is 0. The molecule has 1 N–H and O–H groups in total. The number of aromatic nitrogens is 2. The smallest absolute Gasteiger partial charge is 0.366 e. The Morgan fingerprint density at radius 2 is 1.82 bits per heavy atom. The van der Waals surface area contributed by atoms with Gasteiger partial charge in [-0.1, -0.05) is 13.8 Å². The highest BCUT2D eigenvalue weighted by Crippen LogP contribution is 2.27. The fourth-order valence-electron chi connectivity index (χ4n) is 1.58. The summed E-state index contributed by atoms with van der Waals surface area (Å²) in [6.07, 6.45) is -3.52. The number of nitrogens with one attached hydrogen (secondary N) is 1. The molecule has 96 valence electrons. The molecule has 0 saturated heterocycles. The first kappa shape index (κ1) is 13.7. The first-order chi connectivity index (χ1) is 7.79. The molecule has 0 amide bonds. The molecule has 1 rings (SSSR count). The van der Waals surface area contributed by atoms with Crippen molar-refractivity contribution in [3.8, 4) is 0 Å². The van der Waals surface area contributed by atoms with Gasteiger partial charge in [0.25, 0.3) is 0 Å². The Hall–Kier alpha value is -1.33. The third-order valence-corrected chi connectivity index (χ3v) is 2.17. The van der Waals surface area contributed by atoms with Gasteiger partial charge in [0, 0.05) is 6.04 Å². The van der Waals surface area contributed by atoms with Crippen LogP contribution in [0.4, 0.5) is 19.0 Å². The second-order valence-corrected chi connectivity index (χ2v) is 4.48. The van der Waals surface area contributed by atoms with Crippen molar-refractivity contribution in [1.29, 1.82) is 0 Å². The topological polar surface area (TPSA) is 37.8 Å². The van der Waals surface area contributed by atoms with E-state index in [-0.39, 0.29) is 6.04 Å². The monoisotopic (exact) mass is 247 g/mol. The summed E-state index contributed by atoms with van der Waals surface area (Å²) in [5, 5.41) is 9.67. The van der Waals surface area contributed by atoms with Crippen LogP contribution in [0.1, 0.15) is 32.9 Å². The Morgan fingerprint density at radius 1 is 1.18 bits per heavy atom. The summed E-state index contributed by atoms with van der Waals surface area (Å²) in [6, 6.07) is 2.38. The van der Waals surface area contributed by atoms with E-state index in [2.05, 4.69) is 29.4 Å². The lowest BCUT2D eigenvalue weighted by atomic mass is 10.1. The standard InChI is InChI=1S/C11H16F3N3/c1-7(2)6-8(3)15-10-5-4-9(16-17-10)11(12,13)14/h4-5,7-8H,6H2,1-3H3,(H,15,17). The number of hydrogen-bond acceptors (Lipinski definition) is 3. The summed E-state index contributed by atoms with van der Waals surface area (Å²) in [5.41, 5.74) is -0.973. The molecular formula is C11H16F3N3. The minimum Gasteiger partial charge on any atom is -0.366 e. The molecule has 1 heterocycles. The molecule has 0 spiro atoms. The van der Waals surface area contributed by atoms with Crippen LogP contribution in [0.3, 0.4) is 0 Å². The summed E-state index contributed by atoms with van der Waals surface area (Å²) in [5.74, 6) is 0.881. The molecule has 1 aromatic rings. The zero-order valence-corrected chi connectivity index (χ0v) is 10.0. The molecule has 17 heavy (non-hydrogen) atoms. The van der Waals surface area contributed by atoms with Crippen LogP contribution in [0.15, 0.2) is 12.1 Å². The Kier molecular flexibility index (Phi) is 4.31. The molecular weight excluding hydrogens is 231 g/mol. The van der Waals surface area contributed by atoms with Gasteiger partial charge in [-0.15, -0.1) is 10.2 Å². The molecule has 0 aliphatic rings. The van der Waals surface area contributed by atoms with Crippen molar-refractivity contribution in [2.75, 3.05) is 5.32 Å². The number of alkyl halides is 3. The third-order valence-electron chi connectivity index (χ3n) is 2.17. The van der Waals surface area contributed by atoms with E-state index in [9.17, 15) is 13.2 Å². The second kappa shape index (κ2) is 5.33. The normalized spacial score (nSPS) is 13.8. The number of hydrogen-bond donors (Lipinski definition) is 1. The fraction of sp³-hybridized carbons (Fsp3) is 0.636. The van der Waals surface area contributed by atoms with Gasteiger partial charge in [-0.25, -0.2) is 0 Å². The lowest BCUT2D eigenvalue weighted by Crippen LogP contribution is -2.19. The summed E-state index contributed by atoms with van der Waals surface area (Å²) in [6.45, 7) is 6.12. The van der Waals surface area contributed by atoms with Crippen molar-refractivity contribution in [3.63, 3.8) is 0 Å². The second-order valence-electron chi connectivity index (χ2n) is 4.48. The molecule has 1 atom stereocenters. The zero-order valence-electron chi connectivity index (χ0n) is 10.0. The lowest BCUT2D eigenvalue weighted by Gasteiger charge is -2.16. The first-order valence-electron chi connectivity index (χ1n) is 5.46. The summed E-state index contributed by atoms with van der Waals surface area (Å²) < 4.78 is 36.7. The SMILES string of the molecule is CC(C)CC(C)Nc1ccc(C(F)(F)F)nn1. The fourth-order valence-corrected chi connectivity index (χ4v) is 1.58. The van der Waals surface area contributed by atoms with Gasteiger partial charge in [0.15, 0.2) is 5.69 Å². The van der Waals surface area contributed by atoms with Crippen molar-refractivity contribution >= 4 is 5.82 Å². The Bertz CT molecular complexity index is 346. The van der Waals surface area contributed by atoms with Gasteiger partial charge < -0.3 is 5.32 Å². The van der Waals surface area contributed by atoms with Crippen LogP contribution in [0, 0.1) is 5.92 Å². The predicted octanol–water partition coefficient (Wildman–Crippen LogP) is 3.34. The maximum absolute atomic E-state index is 12.2. The van der Waals surface area contributed by atoms with Crippen LogP contribution in [0.25, 0.3) is 0 Å².